The highest BCUT2D eigenvalue weighted by Gasteiger charge is 2.19. The van der Waals surface area contributed by atoms with E-state index in [0.717, 1.165) is 10.8 Å². The lowest BCUT2D eigenvalue weighted by molar-refractivity contribution is 0.0451. The van der Waals surface area contributed by atoms with Gasteiger partial charge < -0.3 is 19.0 Å². The van der Waals surface area contributed by atoms with Gasteiger partial charge in [0.15, 0.2) is 0 Å². The average Bonchev–Trinajstić information content (AvgIpc) is 3.07. The summed E-state index contributed by atoms with van der Waals surface area (Å²) in [6.07, 6.45) is 1.31. The number of hydrogen-bond acceptors (Lipinski definition) is 6. The molecule has 0 unspecified atom stereocenters. The highest BCUT2D eigenvalue weighted by Crippen LogP contribution is 2.26. The molecule has 2 aromatic carbocycles. The van der Waals surface area contributed by atoms with Crippen molar-refractivity contribution in [1.82, 2.24) is 0 Å². The minimum atomic E-state index is -0.699. The molecule has 0 aliphatic rings. The first-order chi connectivity index (χ1) is 11.6. The predicted molar refractivity (Wildman–Crippen MR) is 84.8 cm³/mol. The number of benzene rings is 2. The molecule has 0 bridgehead atoms. The molecule has 0 spiro atoms. The second-order valence-electron chi connectivity index (χ2n) is 5.06. The zero-order valence-corrected chi connectivity index (χ0v) is 12.8. The molecular weight excluding hydrogens is 312 g/mol. The number of fused-ring (bicyclic) bond motifs is 1. The van der Waals surface area contributed by atoms with Crippen LogP contribution in [0.15, 0.2) is 53.1 Å². The Hall–Kier alpha value is -3.28. The number of phenolic OH excluding ortho intramolecular Hbond substituents is 1. The lowest BCUT2D eigenvalue weighted by Gasteiger charge is -2.08. The van der Waals surface area contributed by atoms with Gasteiger partial charge in [-0.15, -0.1) is 0 Å². The average molecular weight is 326 g/mol. The predicted octanol–water partition coefficient (Wildman–Crippen LogP) is 3.28. The minimum absolute atomic E-state index is 0.0203. The van der Waals surface area contributed by atoms with Crippen LogP contribution >= 0.6 is 0 Å². The Morgan fingerprint density at radius 2 is 1.79 bits per heavy atom. The summed E-state index contributed by atoms with van der Waals surface area (Å²) in [5, 5.41) is 11.6. The number of rotatable bonds is 4. The molecule has 3 rings (SSSR count). The minimum Gasteiger partial charge on any atom is -0.507 e. The van der Waals surface area contributed by atoms with Crippen molar-refractivity contribution in [2.45, 2.75) is 6.61 Å². The Morgan fingerprint density at radius 3 is 2.50 bits per heavy atom. The fraction of sp³-hybridized carbons (Fsp3) is 0.111. The van der Waals surface area contributed by atoms with Crippen molar-refractivity contribution in [3.8, 4) is 5.75 Å². The van der Waals surface area contributed by atoms with Crippen LogP contribution in [0.3, 0.4) is 0 Å². The highest BCUT2D eigenvalue weighted by atomic mass is 16.5. The maximum atomic E-state index is 12.2. The maximum absolute atomic E-state index is 12.2. The molecule has 6 nitrogen and oxygen atoms in total. The van der Waals surface area contributed by atoms with Crippen LogP contribution in [-0.4, -0.2) is 24.2 Å². The zero-order chi connectivity index (χ0) is 17.1. The van der Waals surface area contributed by atoms with E-state index in [-0.39, 0.29) is 23.7 Å². The van der Waals surface area contributed by atoms with Gasteiger partial charge in [0.1, 0.15) is 17.9 Å². The first-order valence-electron chi connectivity index (χ1n) is 7.13. The summed E-state index contributed by atoms with van der Waals surface area (Å²) in [4.78, 5) is 23.7. The first kappa shape index (κ1) is 15.6. The van der Waals surface area contributed by atoms with Gasteiger partial charge in [0.05, 0.1) is 13.4 Å². The van der Waals surface area contributed by atoms with Gasteiger partial charge >= 0.3 is 11.9 Å². The van der Waals surface area contributed by atoms with E-state index >= 15 is 0 Å². The molecule has 0 atom stereocenters. The smallest absolute Gasteiger partial charge is 0.374 e. The molecule has 0 radical (unpaired) electrons. The fourth-order valence-corrected chi connectivity index (χ4v) is 2.33. The molecule has 6 heteroatoms. The van der Waals surface area contributed by atoms with E-state index in [9.17, 15) is 14.7 Å². The molecule has 24 heavy (non-hydrogen) atoms. The second kappa shape index (κ2) is 6.45. The third-order valence-electron chi connectivity index (χ3n) is 3.56. The van der Waals surface area contributed by atoms with E-state index in [1.807, 2.05) is 24.3 Å². The molecule has 1 N–H and O–H groups in total. The Bertz CT molecular complexity index is 909. The number of ether oxygens (including phenoxy) is 2. The van der Waals surface area contributed by atoms with Gasteiger partial charge in [-0.3, -0.25) is 0 Å². The number of carbonyl (C=O) groups excluding carboxylic acids is 2. The number of methoxy groups -OCH3 is 1. The Labute approximate surface area is 137 Å². The maximum Gasteiger partial charge on any atom is 0.374 e. The molecule has 0 aliphatic carbocycles. The zero-order valence-electron chi connectivity index (χ0n) is 12.8. The summed E-state index contributed by atoms with van der Waals surface area (Å²) >= 11 is 0. The van der Waals surface area contributed by atoms with Crippen molar-refractivity contribution in [2.75, 3.05) is 7.11 Å². The molecule has 3 aromatic rings. The lowest BCUT2D eigenvalue weighted by atomic mass is 10.1. The normalized spacial score (nSPS) is 10.5. The summed E-state index contributed by atoms with van der Waals surface area (Å²) in [5.41, 5.74) is 0.437. The standard InChI is InChI=1S/C18H14O6/c1-22-18(21)16-13(6-7-23-16)10-24-17(20)14-8-11-4-2-3-5-12(11)9-15(14)19/h2-9,19H,10H2,1H3. The van der Waals surface area contributed by atoms with Crippen molar-refractivity contribution in [3.05, 3.63) is 65.6 Å². The molecule has 0 fully saturated rings. The first-order valence-corrected chi connectivity index (χ1v) is 7.13. The molecule has 0 amide bonds. The Balaban J connectivity index is 1.80. The molecule has 0 saturated heterocycles. The van der Waals surface area contributed by atoms with Crippen molar-refractivity contribution in [2.24, 2.45) is 0 Å². The number of furan rings is 1. The van der Waals surface area contributed by atoms with Crippen LogP contribution in [0.25, 0.3) is 10.8 Å². The van der Waals surface area contributed by atoms with Gasteiger partial charge in [-0.1, -0.05) is 24.3 Å². The van der Waals surface area contributed by atoms with E-state index in [2.05, 4.69) is 4.74 Å². The van der Waals surface area contributed by atoms with Crippen LogP contribution in [0.2, 0.25) is 0 Å². The Morgan fingerprint density at radius 1 is 1.08 bits per heavy atom. The molecule has 0 saturated carbocycles. The number of aromatic hydroxyl groups is 1. The molecule has 1 aromatic heterocycles. The monoisotopic (exact) mass is 326 g/mol. The molecule has 1 heterocycles. The largest absolute Gasteiger partial charge is 0.507 e. The van der Waals surface area contributed by atoms with Crippen LogP contribution in [0, 0.1) is 0 Å². The SMILES string of the molecule is COC(=O)c1occc1COC(=O)c1cc2ccccc2cc1O. The molecule has 0 aliphatic heterocycles. The number of hydrogen-bond donors (Lipinski definition) is 1. The third-order valence-corrected chi connectivity index (χ3v) is 3.56. The van der Waals surface area contributed by atoms with Gasteiger partial charge in [0.2, 0.25) is 5.76 Å². The quantitative estimate of drug-likeness (QED) is 0.741. The summed E-state index contributed by atoms with van der Waals surface area (Å²) in [6, 6.07) is 11.9. The lowest BCUT2D eigenvalue weighted by Crippen LogP contribution is -2.08. The summed E-state index contributed by atoms with van der Waals surface area (Å²) < 4.78 is 14.8. The van der Waals surface area contributed by atoms with Gasteiger partial charge in [0.25, 0.3) is 0 Å². The van der Waals surface area contributed by atoms with E-state index in [1.54, 1.807) is 6.07 Å². The number of carbonyl (C=O) groups is 2. The van der Waals surface area contributed by atoms with Crippen molar-refractivity contribution in [1.29, 1.82) is 0 Å². The summed E-state index contributed by atoms with van der Waals surface area (Å²) in [5.74, 6) is -1.54. The van der Waals surface area contributed by atoms with Crippen LogP contribution in [0.1, 0.15) is 26.5 Å². The van der Waals surface area contributed by atoms with E-state index < -0.39 is 11.9 Å². The van der Waals surface area contributed by atoms with Crippen LogP contribution in [-0.2, 0) is 16.1 Å². The van der Waals surface area contributed by atoms with Gasteiger partial charge in [-0.25, -0.2) is 9.59 Å². The van der Waals surface area contributed by atoms with E-state index in [0.29, 0.717) is 5.56 Å². The summed E-state index contributed by atoms with van der Waals surface area (Å²) in [7, 11) is 1.23. The van der Waals surface area contributed by atoms with Crippen molar-refractivity contribution >= 4 is 22.7 Å². The van der Waals surface area contributed by atoms with Gasteiger partial charge in [-0.2, -0.15) is 0 Å². The van der Waals surface area contributed by atoms with Crippen molar-refractivity contribution < 1.29 is 28.6 Å². The molecular formula is C18H14O6. The second-order valence-corrected chi connectivity index (χ2v) is 5.06. The van der Waals surface area contributed by atoms with Gasteiger partial charge in [0, 0.05) is 5.56 Å². The van der Waals surface area contributed by atoms with E-state index in [1.165, 1.54) is 25.5 Å². The van der Waals surface area contributed by atoms with Crippen LogP contribution in [0.4, 0.5) is 0 Å². The van der Waals surface area contributed by atoms with E-state index in [4.69, 9.17) is 9.15 Å². The third kappa shape index (κ3) is 2.94. The topological polar surface area (TPSA) is 86.0 Å². The highest BCUT2D eigenvalue weighted by molar-refractivity contribution is 5.98. The Kier molecular flexibility index (Phi) is 4.20. The number of phenols is 1. The number of esters is 2. The fourth-order valence-electron chi connectivity index (χ4n) is 2.33. The molecule has 122 valence electrons. The van der Waals surface area contributed by atoms with Crippen LogP contribution in [0.5, 0.6) is 5.75 Å². The van der Waals surface area contributed by atoms with Crippen LogP contribution < -0.4 is 0 Å². The van der Waals surface area contributed by atoms with Gasteiger partial charge in [-0.05, 0) is 29.0 Å². The van der Waals surface area contributed by atoms with Crippen molar-refractivity contribution in [3.63, 3.8) is 0 Å². The summed E-state index contributed by atoms with van der Waals surface area (Å²) in [6.45, 7) is -0.175.